The number of benzene rings is 1. The van der Waals surface area contributed by atoms with Crippen molar-refractivity contribution in [3.8, 4) is 5.75 Å². The summed E-state index contributed by atoms with van der Waals surface area (Å²) in [6.45, 7) is 15.1. The number of aliphatic carboxylic acids is 1. The summed E-state index contributed by atoms with van der Waals surface area (Å²) in [5, 5.41) is 31.8. The van der Waals surface area contributed by atoms with Crippen LogP contribution in [-0.4, -0.2) is 89.9 Å². The van der Waals surface area contributed by atoms with Gasteiger partial charge in [-0.3, -0.25) is 4.79 Å². The first-order valence-electron chi connectivity index (χ1n) is 16.4. The number of carbonyl (C=O) groups excluding carboxylic acids is 3. The second-order valence-electron chi connectivity index (χ2n) is 14.5. The summed E-state index contributed by atoms with van der Waals surface area (Å²) in [6.07, 6.45) is 0.131. The minimum Gasteiger partial charge on any atom is -0.493 e. The molecular formula is C34H56N4O9. The highest BCUT2D eigenvalue weighted by Crippen LogP contribution is 2.35. The fourth-order valence-corrected chi connectivity index (χ4v) is 5.09. The Balaban J connectivity index is 2.24. The molecule has 47 heavy (non-hydrogen) atoms. The van der Waals surface area contributed by atoms with Crippen LogP contribution < -0.4 is 26.0 Å². The molecule has 3 rings (SSSR count). The Hall–Kier alpha value is -3.58. The van der Waals surface area contributed by atoms with Gasteiger partial charge in [-0.2, -0.15) is 0 Å². The monoisotopic (exact) mass is 664 g/mol. The predicted molar refractivity (Wildman–Crippen MR) is 177 cm³/mol. The van der Waals surface area contributed by atoms with E-state index in [1.165, 1.54) is 0 Å². The van der Waals surface area contributed by atoms with E-state index < -0.39 is 58.7 Å². The van der Waals surface area contributed by atoms with Crippen molar-refractivity contribution in [3.05, 3.63) is 29.8 Å². The molecule has 0 saturated carbocycles. The molecule has 1 aromatic carbocycles. The van der Waals surface area contributed by atoms with Crippen molar-refractivity contribution in [1.82, 2.24) is 21.3 Å². The lowest BCUT2D eigenvalue weighted by Gasteiger charge is -2.42. The number of alkyl carbamates (subject to hydrolysis) is 1. The van der Waals surface area contributed by atoms with E-state index in [-0.39, 0.29) is 38.5 Å². The molecule has 4 atom stereocenters. The number of amides is 4. The van der Waals surface area contributed by atoms with E-state index in [4.69, 9.17) is 14.2 Å². The Morgan fingerprint density at radius 3 is 2.28 bits per heavy atom. The molecule has 1 unspecified atom stereocenters. The van der Waals surface area contributed by atoms with Gasteiger partial charge in [-0.25, -0.2) is 14.4 Å². The average molecular weight is 665 g/mol. The molecule has 2 aliphatic heterocycles. The zero-order valence-corrected chi connectivity index (χ0v) is 29.2. The highest BCUT2D eigenvalue weighted by Gasteiger charge is 2.50. The standard InChI is InChI=1S/C34H56N4O9/c1-22(2)27-21-45-20-24(39)15-18-46-25-13-11-23(12-14-25)19-26(28(40)36-27)37-30(43)38-34(29(41)42,32(3,4)5)16-9-10-17-35-31(44)47-33(6,7)8/h11-14,22,24,26-27,39H,9-10,15-21H2,1-8H3,(H,35,44)(H,36,40)(H,41,42)(H2,37,38,43)/t24?,26-,27-,34-/m1/s1. The quantitative estimate of drug-likeness (QED) is 0.214. The van der Waals surface area contributed by atoms with Crippen LogP contribution >= 0.6 is 0 Å². The van der Waals surface area contributed by atoms with E-state index in [0.717, 1.165) is 5.56 Å². The van der Waals surface area contributed by atoms with Crippen LogP contribution in [0.25, 0.3) is 0 Å². The van der Waals surface area contributed by atoms with Crippen molar-refractivity contribution in [2.75, 3.05) is 26.4 Å². The van der Waals surface area contributed by atoms with Gasteiger partial charge >= 0.3 is 18.1 Å². The van der Waals surface area contributed by atoms with Gasteiger partial charge in [0.15, 0.2) is 0 Å². The molecular weight excluding hydrogens is 608 g/mol. The SMILES string of the molecule is CC(C)[C@H]1COCC(O)CCOc2ccc(cc2)C[C@@H](NC(=O)N[C@](CCCCNC(=O)OC(C)(C)C)(C(=O)O)C(C)(C)C)C(=O)N1. The molecule has 2 heterocycles. The van der Waals surface area contributed by atoms with Gasteiger partial charge in [0.25, 0.3) is 0 Å². The third-order valence-electron chi connectivity index (χ3n) is 8.06. The van der Waals surface area contributed by atoms with Gasteiger partial charge < -0.3 is 45.7 Å². The highest BCUT2D eigenvalue weighted by atomic mass is 16.6. The number of urea groups is 1. The molecule has 13 heteroatoms. The summed E-state index contributed by atoms with van der Waals surface area (Å²) in [7, 11) is 0. The van der Waals surface area contributed by atoms with Crippen LogP contribution in [0.2, 0.25) is 0 Å². The van der Waals surface area contributed by atoms with E-state index in [9.17, 15) is 29.4 Å². The lowest BCUT2D eigenvalue weighted by molar-refractivity contribution is -0.150. The van der Waals surface area contributed by atoms with Crippen LogP contribution in [0.15, 0.2) is 24.3 Å². The van der Waals surface area contributed by atoms with E-state index in [1.54, 1.807) is 65.8 Å². The number of carboxylic acids is 1. The summed E-state index contributed by atoms with van der Waals surface area (Å²) in [6, 6.07) is 4.84. The third-order valence-corrected chi connectivity index (χ3v) is 8.06. The second-order valence-corrected chi connectivity index (χ2v) is 14.5. The highest BCUT2D eigenvalue weighted by molar-refractivity contribution is 5.91. The number of nitrogens with one attached hydrogen (secondary N) is 4. The molecule has 0 fully saturated rings. The van der Waals surface area contributed by atoms with Crippen LogP contribution in [0.1, 0.15) is 86.6 Å². The molecule has 2 aliphatic rings. The van der Waals surface area contributed by atoms with Crippen molar-refractivity contribution < 1.29 is 43.6 Å². The smallest absolute Gasteiger partial charge is 0.407 e. The van der Waals surface area contributed by atoms with Gasteiger partial charge in [-0.1, -0.05) is 46.8 Å². The molecule has 2 bridgehead atoms. The van der Waals surface area contributed by atoms with Crippen molar-refractivity contribution >= 4 is 24.0 Å². The van der Waals surface area contributed by atoms with Crippen molar-refractivity contribution in [2.45, 2.75) is 117 Å². The van der Waals surface area contributed by atoms with Gasteiger partial charge in [0, 0.05) is 19.4 Å². The van der Waals surface area contributed by atoms with Crippen molar-refractivity contribution in [1.29, 1.82) is 0 Å². The van der Waals surface area contributed by atoms with Crippen molar-refractivity contribution in [2.24, 2.45) is 11.3 Å². The minimum atomic E-state index is -1.69. The molecule has 4 amide bonds. The van der Waals surface area contributed by atoms with Gasteiger partial charge in [0.1, 0.15) is 22.9 Å². The van der Waals surface area contributed by atoms with E-state index in [2.05, 4.69) is 21.3 Å². The number of aliphatic hydroxyl groups excluding tert-OH is 1. The molecule has 1 aromatic rings. The zero-order chi connectivity index (χ0) is 35.4. The molecule has 0 aromatic heterocycles. The van der Waals surface area contributed by atoms with Gasteiger partial charge in [-0.15, -0.1) is 0 Å². The Morgan fingerprint density at radius 1 is 1.04 bits per heavy atom. The van der Waals surface area contributed by atoms with E-state index >= 15 is 0 Å². The summed E-state index contributed by atoms with van der Waals surface area (Å²) < 4.78 is 16.7. The average Bonchev–Trinajstić information content (AvgIpc) is 2.94. The van der Waals surface area contributed by atoms with Crippen molar-refractivity contribution in [3.63, 3.8) is 0 Å². The van der Waals surface area contributed by atoms with Crippen LogP contribution in [0, 0.1) is 11.3 Å². The molecule has 0 spiro atoms. The number of fused-ring (bicyclic) bond motifs is 13. The maximum absolute atomic E-state index is 13.7. The normalized spacial score (nSPS) is 21.1. The minimum absolute atomic E-state index is 0.0163. The number of hydrogen-bond donors (Lipinski definition) is 6. The Labute approximate surface area is 278 Å². The fourth-order valence-electron chi connectivity index (χ4n) is 5.09. The van der Waals surface area contributed by atoms with Gasteiger partial charge in [0.05, 0.1) is 32.0 Å². The Kier molecular flexibility index (Phi) is 14.8. The number of aliphatic hydroxyl groups is 1. The number of carbonyl (C=O) groups is 4. The van der Waals surface area contributed by atoms with Crippen LogP contribution in [-0.2, 0) is 25.5 Å². The summed E-state index contributed by atoms with van der Waals surface area (Å²) in [4.78, 5) is 52.1. The third kappa shape index (κ3) is 13.2. The zero-order valence-electron chi connectivity index (χ0n) is 29.2. The summed E-state index contributed by atoms with van der Waals surface area (Å²) in [5.74, 6) is -1.09. The van der Waals surface area contributed by atoms with Crippen LogP contribution in [0.5, 0.6) is 5.75 Å². The Morgan fingerprint density at radius 2 is 1.70 bits per heavy atom. The first kappa shape index (κ1) is 39.6. The molecule has 0 aliphatic carbocycles. The van der Waals surface area contributed by atoms with Crippen LogP contribution in [0.4, 0.5) is 9.59 Å². The summed E-state index contributed by atoms with van der Waals surface area (Å²) >= 11 is 0. The topological polar surface area (TPSA) is 185 Å². The molecule has 13 nitrogen and oxygen atoms in total. The second kappa shape index (κ2) is 17.5. The van der Waals surface area contributed by atoms with Gasteiger partial charge in [0.2, 0.25) is 5.91 Å². The van der Waals surface area contributed by atoms with Crippen LogP contribution in [0.3, 0.4) is 0 Å². The maximum Gasteiger partial charge on any atom is 0.407 e. The first-order valence-corrected chi connectivity index (χ1v) is 16.4. The number of hydrogen-bond acceptors (Lipinski definition) is 8. The summed E-state index contributed by atoms with van der Waals surface area (Å²) in [5.41, 5.74) is -2.50. The molecule has 266 valence electrons. The number of unbranched alkanes of at least 4 members (excludes halogenated alkanes) is 1. The maximum atomic E-state index is 13.7. The number of carboxylic acid groups (broad SMARTS) is 1. The molecule has 0 saturated heterocycles. The number of ether oxygens (including phenoxy) is 3. The largest absolute Gasteiger partial charge is 0.493 e. The lowest BCUT2D eigenvalue weighted by Crippen LogP contribution is -2.65. The Bertz CT molecular complexity index is 1180. The first-order chi connectivity index (χ1) is 21.8. The van der Waals surface area contributed by atoms with E-state index in [1.807, 2.05) is 13.8 Å². The lowest BCUT2D eigenvalue weighted by atomic mass is 9.70. The molecule has 6 N–H and O–H groups in total. The van der Waals surface area contributed by atoms with E-state index in [0.29, 0.717) is 31.6 Å². The van der Waals surface area contributed by atoms with Gasteiger partial charge in [-0.05, 0) is 69.1 Å². The molecule has 0 radical (unpaired) electrons. The fraction of sp³-hybridized carbons (Fsp3) is 0.706. The predicted octanol–water partition coefficient (Wildman–Crippen LogP) is 3.76. The number of rotatable bonds is 9.